The van der Waals surface area contributed by atoms with Gasteiger partial charge in [-0.1, -0.05) is 42.1 Å². The molecule has 1 aliphatic rings. The predicted molar refractivity (Wildman–Crippen MR) is 127 cm³/mol. The lowest BCUT2D eigenvalue weighted by Crippen LogP contribution is -2.44. The fourth-order valence-electron chi connectivity index (χ4n) is 3.10. The summed E-state index contributed by atoms with van der Waals surface area (Å²) in [5, 5.41) is 7.15. The Bertz CT molecular complexity index is 901. The van der Waals surface area contributed by atoms with E-state index in [0.29, 0.717) is 12.2 Å². The van der Waals surface area contributed by atoms with Gasteiger partial charge in [0.15, 0.2) is 0 Å². The number of benzene rings is 1. The zero-order valence-electron chi connectivity index (χ0n) is 18.9. The van der Waals surface area contributed by atoms with Crippen molar-refractivity contribution >= 4 is 42.3 Å². The number of esters is 1. The van der Waals surface area contributed by atoms with Crippen LogP contribution in [0.3, 0.4) is 0 Å². The lowest BCUT2D eigenvalue weighted by atomic mass is 10.2. The molecule has 1 aliphatic heterocycles. The van der Waals surface area contributed by atoms with Crippen LogP contribution < -0.4 is 16.0 Å². The molecule has 0 spiro atoms. The molecule has 3 atom stereocenters. The number of carbonyl (C=O) groups is 4. The average molecular weight is 516 g/mol. The molecule has 188 valence electrons. The van der Waals surface area contributed by atoms with Crippen LogP contribution in [0.25, 0.3) is 0 Å². The highest BCUT2D eigenvalue weighted by atomic mass is 32.2. The number of amides is 3. The summed E-state index contributed by atoms with van der Waals surface area (Å²) in [5.74, 6) is -1.81. The second-order valence-corrected chi connectivity index (χ2v) is 11.0. The molecule has 3 amide bonds. The third-order valence-corrected chi connectivity index (χ3v) is 7.99. The van der Waals surface area contributed by atoms with Crippen LogP contribution in [0.4, 0.5) is 9.59 Å². The van der Waals surface area contributed by atoms with E-state index in [1.807, 2.05) is 30.3 Å². The van der Waals surface area contributed by atoms with Crippen LogP contribution in [0.2, 0.25) is 0 Å². The summed E-state index contributed by atoms with van der Waals surface area (Å²) in [6, 6.07) is 8.52. The first kappa shape index (κ1) is 27.7. The quantitative estimate of drug-likeness (QED) is 0.175. The van der Waals surface area contributed by atoms with Crippen LogP contribution in [0.15, 0.2) is 30.3 Å². The minimum Gasteiger partial charge on any atom is -0.466 e. The number of ether oxygens (including phenoxy) is 2. The molecule has 34 heavy (non-hydrogen) atoms. The fraction of sp³-hybridized carbons (Fsp3) is 0.524. The molecule has 0 radical (unpaired) electrons. The fourth-order valence-corrected chi connectivity index (χ4v) is 5.61. The minimum absolute atomic E-state index is 0.00156. The van der Waals surface area contributed by atoms with Gasteiger partial charge in [-0.15, -0.1) is 0 Å². The maximum Gasteiger partial charge on any atom is 0.407 e. The number of carbonyl (C=O) groups excluding carboxylic acids is 4. The van der Waals surface area contributed by atoms with Crippen molar-refractivity contribution in [3.8, 4) is 0 Å². The van der Waals surface area contributed by atoms with Gasteiger partial charge in [0.25, 0.3) is 5.24 Å². The van der Waals surface area contributed by atoms with Crippen LogP contribution >= 0.6 is 19.1 Å². The highest BCUT2D eigenvalue weighted by Crippen LogP contribution is 2.47. The molecule has 11 nitrogen and oxygen atoms in total. The van der Waals surface area contributed by atoms with Gasteiger partial charge in [-0.3, -0.25) is 18.9 Å². The number of alkyl carbamates (subject to hydrolysis) is 1. The second kappa shape index (κ2) is 14.0. The molecule has 0 bridgehead atoms. The Balaban J connectivity index is 1.85. The normalized spacial score (nSPS) is 17.7. The van der Waals surface area contributed by atoms with Crippen molar-refractivity contribution in [1.82, 2.24) is 16.0 Å². The molecule has 1 aromatic carbocycles. The van der Waals surface area contributed by atoms with E-state index in [2.05, 4.69) is 16.0 Å². The van der Waals surface area contributed by atoms with Crippen molar-refractivity contribution in [2.24, 2.45) is 0 Å². The van der Waals surface area contributed by atoms with Crippen molar-refractivity contribution in [2.75, 3.05) is 31.7 Å². The van der Waals surface area contributed by atoms with Gasteiger partial charge in [-0.2, -0.15) is 0 Å². The number of nitrogens with one attached hydrogen (secondary N) is 3. The van der Waals surface area contributed by atoms with E-state index >= 15 is 0 Å². The van der Waals surface area contributed by atoms with Crippen LogP contribution in [0, 0.1) is 0 Å². The van der Waals surface area contributed by atoms with E-state index in [9.17, 15) is 28.6 Å². The van der Waals surface area contributed by atoms with Crippen LogP contribution in [0.1, 0.15) is 25.3 Å². The Morgan fingerprint density at radius 1 is 1.26 bits per heavy atom. The summed E-state index contributed by atoms with van der Waals surface area (Å²) in [7, 11) is -3.90. The molecule has 4 N–H and O–H groups in total. The van der Waals surface area contributed by atoms with Crippen molar-refractivity contribution in [1.29, 1.82) is 0 Å². The summed E-state index contributed by atoms with van der Waals surface area (Å²) in [6.45, 7) is 1.65. The van der Waals surface area contributed by atoms with Crippen molar-refractivity contribution in [2.45, 2.75) is 38.0 Å². The lowest BCUT2D eigenvalue weighted by molar-refractivity contribution is -0.143. The third-order valence-electron chi connectivity index (χ3n) is 4.89. The second-order valence-electron chi connectivity index (χ2n) is 7.44. The lowest BCUT2D eigenvalue weighted by Gasteiger charge is -2.24. The highest BCUT2D eigenvalue weighted by molar-refractivity contribution is 8.14. The van der Waals surface area contributed by atoms with Gasteiger partial charge in [-0.25, -0.2) is 4.79 Å². The van der Waals surface area contributed by atoms with Crippen molar-refractivity contribution in [3.05, 3.63) is 35.9 Å². The minimum atomic E-state index is -3.90. The first-order valence-corrected chi connectivity index (χ1v) is 13.8. The molecule has 1 aromatic rings. The van der Waals surface area contributed by atoms with Gasteiger partial charge in [-0.05, 0) is 25.3 Å². The van der Waals surface area contributed by atoms with E-state index in [1.54, 1.807) is 6.92 Å². The van der Waals surface area contributed by atoms with E-state index < -0.39 is 37.2 Å². The van der Waals surface area contributed by atoms with Gasteiger partial charge in [0.05, 0.1) is 13.2 Å². The van der Waals surface area contributed by atoms with Gasteiger partial charge >= 0.3 is 12.1 Å². The molecular weight excluding hydrogens is 485 g/mol. The molecular formula is C21H30N3O8PS. The molecule has 13 heteroatoms. The molecule has 1 fully saturated rings. The summed E-state index contributed by atoms with van der Waals surface area (Å²) in [4.78, 5) is 57.7. The Hall–Kier alpha value is -2.56. The zero-order valence-corrected chi connectivity index (χ0v) is 20.6. The van der Waals surface area contributed by atoms with Gasteiger partial charge < -0.3 is 30.3 Å². The molecule has 1 saturated heterocycles. The number of hydrogen-bond acceptors (Lipinski definition) is 8. The van der Waals surface area contributed by atoms with E-state index in [-0.39, 0.29) is 44.0 Å². The average Bonchev–Trinajstić information content (AvgIpc) is 3.25. The largest absolute Gasteiger partial charge is 0.466 e. The van der Waals surface area contributed by atoms with Gasteiger partial charge in [0.1, 0.15) is 18.4 Å². The Morgan fingerprint density at radius 2 is 2.00 bits per heavy atom. The summed E-state index contributed by atoms with van der Waals surface area (Å²) in [5.41, 5.74) is 0.871. The standard InChI is InChI=1S/C21H30N3O8PS/c1-2-31-18(25)9-8-17(33(29,30)13-10-15-6-4-3-5-7-15)24-20(27)32-12-11-22-19(26)16-14-34-21(28)23-16/h3-7,16-17H,2,8-14H2,1H3,(H,22,26)(H,23,28)(H,24,27)(H,29,30)/t16-,17?/m0/s1. The first-order valence-electron chi connectivity index (χ1n) is 10.9. The molecule has 2 rings (SSSR count). The topological polar surface area (TPSA) is 160 Å². The summed E-state index contributed by atoms with van der Waals surface area (Å²) in [6.07, 6.45) is -0.945. The van der Waals surface area contributed by atoms with Crippen molar-refractivity contribution < 1.29 is 38.1 Å². The molecule has 0 aromatic heterocycles. The SMILES string of the molecule is CCOC(=O)CCC(NC(=O)OCCNC(=O)[C@@H]1CSC(=O)N1)P(=O)(O)CCc1ccccc1. The highest BCUT2D eigenvalue weighted by Gasteiger charge is 2.33. The van der Waals surface area contributed by atoms with Crippen LogP contribution in [0.5, 0.6) is 0 Å². The van der Waals surface area contributed by atoms with Gasteiger partial charge in [0.2, 0.25) is 13.3 Å². The van der Waals surface area contributed by atoms with Crippen molar-refractivity contribution in [3.63, 3.8) is 0 Å². The Labute approximate surface area is 202 Å². The maximum absolute atomic E-state index is 13.0. The summed E-state index contributed by atoms with van der Waals surface area (Å²) >= 11 is 1.01. The Kier molecular flexibility index (Phi) is 11.4. The van der Waals surface area contributed by atoms with E-state index in [0.717, 1.165) is 17.3 Å². The molecule has 1 heterocycles. The number of hydrogen-bond donors (Lipinski definition) is 4. The smallest absolute Gasteiger partial charge is 0.407 e. The number of rotatable bonds is 13. The van der Waals surface area contributed by atoms with E-state index in [4.69, 9.17) is 9.47 Å². The van der Waals surface area contributed by atoms with Crippen LogP contribution in [-0.4, -0.2) is 71.6 Å². The van der Waals surface area contributed by atoms with Gasteiger partial charge in [0, 0.05) is 18.3 Å². The molecule has 0 aliphatic carbocycles. The zero-order chi connectivity index (χ0) is 25.0. The first-order chi connectivity index (χ1) is 16.2. The predicted octanol–water partition coefficient (Wildman–Crippen LogP) is 1.84. The van der Waals surface area contributed by atoms with E-state index in [1.165, 1.54) is 0 Å². The number of thioether (sulfide) groups is 1. The Morgan fingerprint density at radius 3 is 2.65 bits per heavy atom. The monoisotopic (exact) mass is 515 g/mol. The van der Waals surface area contributed by atoms with Crippen LogP contribution in [-0.2, 0) is 30.0 Å². The molecule has 0 saturated carbocycles. The molecule has 2 unspecified atom stereocenters. The summed E-state index contributed by atoms with van der Waals surface area (Å²) < 4.78 is 22.9. The number of aryl methyl sites for hydroxylation is 1. The third kappa shape index (κ3) is 9.74. The maximum atomic E-state index is 13.0.